The third-order valence-corrected chi connectivity index (χ3v) is 5.69. The maximum Gasteiger partial charge on any atom is 0.223 e. The van der Waals surface area contributed by atoms with Gasteiger partial charge in [-0.1, -0.05) is 11.2 Å². The lowest BCUT2D eigenvalue weighted by atomic mass is 10.1. The predicted octanol–water partition coefficient (Wildman–Crippen LogP) is 3.79. The van der Waals surface area contributed by atoms with E-state index in [-0.39, 0.29) is 6.10 Å². The number of likely N-dealkylation sites (tertiary alicyclic amines) is 1. The summed E-state index contributed by atoms with van der Waals surface area (Å²) in [5.74, 6) is 3.30. The van der Waals surface area contributed by atoms with Crippen molar-refractivity contribution in [3.05, 3.63) is 42.2 Å². The van der Waals surface area contributed by atoms with E-state index in [0.717, 1.165) is 56.5 Å². The molecule has 3 heterocycles. The van der Waals surface area contributed by atoms with E-state index in [1.54, 1.807) is 0 Å². The van der Waals surface area contributed by atoms with Gasteiger partial charge in [-0.15, -0.1) is 0 Å². The molecular weight excluding hydrogens is 340 g/mol. The van der Waals surface area contributed by atoms with E-state index < -0.39 is 0 Å². The Kier molecular flexibility index (Phi) is 4.36. The summed E-state index contributed by atoms with van der Waals surface area (Å²) in [4.78, 5) is 6.67. The fourth-order valence-corrected chi connectivity index (χ4v) is 4.01. The number of benzene rings is 1. The minimum Gasteiger partial charge on any atom is -0.490 e. The molecule has 1 aliphatic carbocycles. The molecule has 1 aromatic carbocycles. The fraction of sp³-hybridized carbons (Fsp3) is 0.524. The summed E-state index contributed by atoms with van der Waals surface area (Å²) in [6.07, 6.45) is 7.28. The molecule has 2 aromatic heterocycles. The van der Waals surface area contributed by atoms with Crippen LogP contribution in [-0.4, -0.2) is 38.8 Å². The Labute approximate surface area is 159 Å². The summed E-state index contributed by atoms with van der Waals surface area (Å²) in [6, 6.07) is 8.65. The van der Waals surface area contributed by atoms with Crippen LogP contribution >= 0.6 is 0 Å². The van der Waals surface area contributed by atoms with Gasteiger partial charge in [0.1, 0.15) is 11.9 Å². The van der Waals surface area contributed by atoms with Gasteiger partial charge in [0.05, 0.1) is 12.1 Å². The molecule has 3 aromatic rings. The van der Waals surface area contributed by atoms with Crippen LogP contribution in [0, 0.1) is 12.8 Å². The van der Waals surface area contributed by atoms with Crippen LogP contribution in [0.4, 0.5) is 0 Å². The summed E-state index contributed by atoms with van der Waals surface area (Å²) in [7, 11) is 0. The molecule has 0 unspecified atom stereocenters. The van der Waals surface area contributed by atoms with E-state index in [0.29, 0.717) is 5.89 Å². The normalized spacial score (nSPS) is 19.0. The smallest absolute Gasteiger partial charge is 0.223 e. The van der Waals surface area contributed by atoms with Crippen LogP contribution in [0.3, 0.4) is 0 Å². The average Bonchev–Trinajstić information content (AvgIpc) is 3.26. The van der Waals surface area contributed by atoms with Crippen LogP contribution in [0.15, 0.2) is 35.0 Å². The minimum atomic E-state index is 0.269. The molecule has 27 heavy (non-hydrogen) atoms. The van der Waals surface area contributed by atoms with Gasteiger partial charge in [0.15, 0.2) is 5.82 Å². The summed E-state index contributed by atoms with van der Waals surface area (Å²) in [6.45, 7) is 5.72. The standard InChI is InChI=1S/C21H26N4O2/c1-15-22-21(23-27-15)14-24-10-7-17(8-11-24)26-20-4-2-3-19-18(20)9-12-25(19)13-16-5-6-16/h2-4,9,12,16-17H,5-8,10-11,13-14H2,1H3. The number of aromatic nitrogens is 3. The summed E-state index contributed by atoms with van der Waals surface area (Å²) >= 11 is 0. The number of aryl methyl sites for hydroxylation is 1. The molecule has 5 rings (SSSR count). The van der Waals surface area contributed by atoms with Crippen LogP contribution in [0.2, 0.25) is 0 Å². The molecule has 0 spiro atoms. The van der Waals surface area contributed by atoms with E-state index in [2.05, 4.69) is 50.1 Å². The third kappa shape index (κ3) is 3.72. The maximum absolute atomic E-state index is 6.42. The quantitative estimate of drug-likeness (QED) is 0.664. The Morgan fingerprint density at radius 3 is 2.74 bits per heavy atom. The van der Waals surface area contributed by atoms with Crippen LogP contribution < -0.4 is 4.74 Å². The zero-order valence-electron chi connectivity index (χ0n) is 15.8. The number of hydrogen-bond acceptors (Lipinski definition) is 5. The number of piperidine rings is 1. The van der Waals surface area contributed by atoms with Crippen molar-refractivity contribution < 1.29 is 9.26 Å². The van der Waals surface area contributed by atoms with Gasteiger partial charge < -0.3 is 13.8 Å². The van der Waals surface area contributed by atoms with Gasteiger partial charge in [-0.25, -0.2) is 0 Å². The first-order chi connectivity index (χ1) is 13.2. The van der Waals surface area contributed by atoms with Gasteiger partial charge in [-0.3, -0.25) is 4.90 Å². The maximum atomic E-state index is 6.42. The second-order valence-electron chi connectivity index (χ2n) is 7.92. The highest BCUT2D eigenvalue weighted by Gasteiger charge is 2.24. The zero-order valence-corrected chi connectivity index (χ0v) is 15.8. The second kappa shape index (κ2) is 7.00. The van der Waals surface area contributed by atoms with E-state index in [4.69, 9.17) is 9.26 Å². The second-order valence-corrected chi connectivity index (χ2v) is 7.92. The highest BCUT2D eigenvalue weighted by atomic mass is 16.5. The van der Waals surface area contributed by atoms with Crippen molar-refractivity contribution in [3.8, 4) is 5.75 Å². The van der Waals surface area contributed by atoms with Crippen LogP contribution in [0.5, 0.6) is 5.75 Å². The molecule has 142 valence electrons. The van der Waals surface area contributed by atoms with E-state index in [1.165, 1.54) is 23.7 Å². The first-order valence-corrected chi connectivity index (χ1v) is 10.0. The Bertz CT molecular complexity index is 919. The predicted molar refractivity (Wildman–Crippen MR) is 103 cm³/mol. The Morgan fingerprint density at radius 2 is 2.00 bits per heavy atom. The summed E-state index contributed by atoms with van der Waals surface area (Å²) in [5, 5.41) is 5.24. The highest BCUT2D eigenvalue weighted by molar-refractivity contribution is 5.86. The largest absolute Gasteiger partial charge is 0.490 e. The molecular formula is C21H26N4O2. The molecule has 0 atom stereocenters. The lowest BCUT2D eigenvalue weighted by molar-refractivity contribution is 0.0960. The van der Waals surface area contributed by atoms with Crippen LogP contribution in [-0.2, 0) is 13.1 Å². The van der Waals surface area contributed by atoms with Crippen LogP contribution in [0.25, 0.3) is 10.9 Å². The molecule has 6 nitrogen and oxygen atoms in total. The van der Waals surface area contributed by atoms with Crippen molar-refractivity contribution in [2.24, 2.45) is 5.92 Å². The molecule has 2 fully saturated rings. The Balaban J connectivity index is 1.22. The molecule has 6 heteroatoms. The first kappa shape index (κ1) is 16.8. The lowest BCUT2D eigenvalue weighted by Gasteiger charge is -2.31. The topological polar surface area (TPSA) is 56.3 Å². The SMILES string of the molecule is Cc1nc(CN2CCC(Oc3cccc4c3ccn4CC3CC3)CC2)no1. The van der Waals surface area contributed by atoms with Crippen molar-refractivity contribution in [1.82, 2.24) is 19.6 Å². The van der Waals surface area contributed by atoms with Crippen molar-refractivity contribution in [2.45, 2.75) is 51.8 Å². The molecule has 0 radical (unpaired) electrons. The molecule has 2 aliphatic rings. The van der Waals surface area contributed by atoms with E-state index in [1.807, 2.05) is 6.92 Å². The molecule has 1 saturated carbocycles. The molecule has 0 bridgehead atoms. The fourth-order valence-electron chi connectivity index (χ4n) is 4.01. The van der Waals surface area contributed by atoms with Gasteiger partial charge in [0.2, 0.25) is 5.89 Å². The summed E-state index contributed by atoms with van der Waals surface area (Å²) in [5.41, 5.74) is 1.30. The first-order valence-electron chi connectivity index (χ1n) is 10.0. The molecule has 0 N–H and O–H groups in total. The number of rotatable bonds is 6. The monoisotopic (exact) mass is 366 g/mol. The Hall–Kier alpha value is -2.34. The molecule has 0 amide bonds. The van der Waals surface area contributed by atoms with Gasteiger partial charge in [-0.05, 0) is 49.8 Å². The number of hydrogen-bond donors (Lipinski definition) is 0. The number of nitrogens with zero attached hydrogens (tertiary/aromatic N) is 4. The molecule has 1 saturated heterocycles. The van der Waals surface area contributed by atoms with Crippen molar-refractivity contribution in [2.75, 3.05) is 13.1 Å². The van der Waals surface area contributed by atoms with Gasteiger partial charge in [0, 0.05) is 38.1 Å². The van der Waals surface area contributed by atoms with Crippen molar-refractivity contribution in [1.29, 1.82) is 0 Å². The van der Waals surface area contributed by atoms with Crippen molar-refractivity contribution in [3.63, 3.8) is 0 Å². The van der Waals surface area contributed by atoms with Gasteiger partial charge >= 0.3 is 0 Å². The average molecular weight is 366 g/mol. The zero-order chi connectivity index (χ0) is 18.2. The number of fused-ring (bicyclic) bond motifs is 1. The van der Waals surface area contributed by atoms with Gasteiger partial charge in [0.25, 0.3) is 0 Å². The minimum absolute atomic E-state index is 0.269. The van der Waals surface area contributed by atoms with E-state index >= 15 is 0 Å². The highest BCUT2D eigenvalue weighted by Crippen LogP contribution is 2.34. The molecule has 1 aliphatic heterocycles. The van der Waals surface area contributed by atoms with E-state index in [9.17, 15) is 0 Å². The third-order valence-electron chi connectivity index (χ3n) is 5.69. The van der Waals surface area contributed by atoms with Crippen LogP contribution in [0.1, 0.15) is 37.4 Å². The van der Waals surface area contributed by atoms with Gasteiger partial charge in [-0.2, -0.15) is 4.98 Å². The van der Waals surface area contributed by atoms with Crippen molar-refractivity contribution >= 4 is 10.9 Å². The number of ether oxygens (including phenoxy) is 1. The lowest BCUT2D eigenvalue weighted by Crippen LogP contribution is -2.38. The summed E-state index contributed by atoms with van der Waals surface area (Å²) < 4.78 is 13.9. The Morgan fingerprint density at radius 1 is 1.15 bits per heavy atom.